The second kappa shape index (κ2) is 11.2. The molecular formula is C18H25Cl3SiTi. The average molecular weight is 424 g/mol. The van der Waals surface area contributed by atoms with Crippen LogP contribution < -0.4 is 37.2 Å². The van der Waals surface area contributed by atoms with Crippen molar-refractivity contribution in [1.82, 2.24) is 0 Å². The van der Waals surface area contributed by atoms with Crippen molar-refractivity contribution in [3.63, 3.8) is 0 Å². The largest absolute Gasteiger partial charge is 4.00 e. The summed E-state index contributed by atoms with van der Waals surface area (Å²) in [5.74, 6) is 0. The van der Waals surface area contributed by atoms with Crippen LogP contribution in [0.1, 0.15) is 28.7 Å². The SMILES string of the molecule is Cc1cc(C)c(CC2=[C-]C([Si](C)(C)C)=CC2)cc1C.[Cl-].[Cl-].[Cl-].[Ti+4]. The van der Waals surface area contributed by atoms with E-state index in [1.54, 1.807) is 0 Å². The Hall–Kier alpha value is 0.501. The molecule has 1 aromatic rings. The fourth-order valence-corrected chi connectivity index (χ4v) is 3.83. The molecule has 0 heterocycles. The minimum absolute atomic E-state index is 0. The Morgan fingerprint density at radius 2 is 1.43 bits per heavy atom. The molecule has 0 nitrogen and oxygen atoms in total. The molecule has 0 bridgehead atoms. The molecule has 126 valence electrons. The third-order valence-corrected chi connectivity index (χ3v) is 5.97. The normalized spacial score (nSPS) is 12.8. The van der Waals surface area contributed by atoms with Gasteiger partial charge in [0.2, 0.25) is 0 Å². The van der Waals surface area contributed by atoms with Gasteiger partial charge in [0.05, 0.1) is 0 Å². The molecule has 1 aliphatic rings. The van der Waals surface area contributed by atoms with Crippen LogP contribution in [0.25, 0.3) is 0 Å². The van der Waals surface area contributed by atoms with Gasteiger partial charge < -0.3 is 37.2 Å². The molecule has 1 aliphatic carbocycles. The van der Waals surface area contributed by atoms with E-state index in [0.29, 0.717) is 0 Å². The molecular weight excluding hydrogens is 399 g/mol. The summed E-state index contributed by atoms with van der Waals surface area (Å²) in [6.07, 6.45) is 8.25. The molecule has 2 rings (SSSR count). The second-order valence-corrected chi connectivity index (χ2v) is 11.9. The van der Waals surface area contributed by atoms with Crippen LogP contribution in [0.3, 0.4) is 0 Å². The Morgan fingerprint density at radius 1 is 0.913 bits per heavy atom. The molecule has 0 unspecified atom stereocenters. The number of allylic oxidation sites excluding steroid dienone is 4. The van der Waals surface area contributed by atoms with Crippen LogP contribution in [0.4, 0.5) is 0 Å². The van der Waals surface area contributed by atoms with E-state index in [4.69, 9.17) is 0 Å². The number of aryl methyl sites for hydroxylation is 3. The molecule has 0 aromatic heterocycles. The van der Waals surface area contributed by atoms with E-state index in [1.807, 2.05) is 0 Å². The Balaban J connectivity index is -0.000001000. The summed E-state index contributed by atoms with van der Waals surface area (Å²) in [6, 6.07) is 4.67. The van der Waals surface area contributed by atoms with Gasteiger partial charge in [-0.15, -0.1) is 0 Å². The topological polar surface area (TPSA) is 0 Å². The van der Waals surface area contributed by atoms with Gasteiger partial charge in [-0.2, -0.15) is 5.57 Å². The number of hydrogen-bond donors (Lipinski definition) is 0. The maximum Gasteiger partial charge on any atom is 4.00 e. The molecule has 0 radical (unpaired) electrons. The molecule has 0 N–H and O–H groups in total. The van der Waals surface area contributed by atoms with Gasteiger partial charge in [0.1, 0.15) is 0 Å². The van der Waals surface area contributed by atoms with E-state index >= 15 is 0 Å². The zero-order chi connectivity index (χ0) is 14.2. The van der Waals surface area contributed by atoms with Crippen molar-refractivity contribution in [3.05, 3.63) is 57.3 Å². The van der Waals surface area contributed by atoms with Crippen LogP contribution >= 0.6 is 0 Å². The van der Waals surface area contributed by atoms with Crippen LogP contribution in [0.2, 0.25) is 19.6 Å². The standard InChI is InChI=1S/C18H25Si.3ClH.Ti/c1-13-9-15(3)17(10-14(13)2)11-16-7-8-18(12-16)19(4,5)6;;;;/h8-10H,7,11H2,1-6H3;3*1H;/q-1;;;;+4/p-3. The average Bonchev–Trinajstić information content (AvgIpc) is 2.74. The summed E-state index contributed by atoms with van der Waals surface area (Å²) < 4.78 is 0. The molecule has 0 saturated carbocycles. The first kappa shape index (κ1) is 28.3. The van der Waals surface area contributed by atoms with Crippen LogP contribution in [0.5, 0.6) is 0 Å². The van der Waals surface area contributed by atoms with E-state index in [1.165, 1.54) is 33.0 Å². The third-order valence-electron chi connectivity index (χ3n) is 4.03. The number of rotatable bonds is 3. The van der Waals surface area contributed by atoms with Crippen molar-refractivity contribution in [2.24, 2.45) is 0 Å². The quantitative estimate of drug-likeness (QED) is 0.345. The molecule has 1 aromatic carbocycles. The van der Waals surface area contributed by atoms with Gasteiger partial charge in [-0.05, 0) is 49.4 Å². The first-order valence-corrected chi connectivity index (χ1v) is 10.7. The summed E-state index contributed by atoms with van der Waals surface area (Å²) >= 11 is 0. The van der Waals surface area contributed by atoms with Crippen molar-refractivity contribution >= 4 is 8.07 Å². The molecule has 0 fully saturated rings. The Bertz CT molecular complexity index is 572. The van der Waals surface area contributed by atoms with Gasteiger partial charge in [0, 0.05) is 8.07 Å². The first-order valence-electron chi connectivity index (χ1n) is 7.16. The molecule has 0 atom stereocenters. The zero-order valence-electron chi connectivity index (χ0n) is 14.8. The summed E-state index contributed by atoms with van der Waals surface area (Å²) in [5.41, 5.74) is 7.14. The maximum atomic E-state index is 3.68. The van der Waals surface area contributed by atoms with E-state index in [2.05, 4.69) is 64.7 Å². The third kappa shape index (κ3) is 7.50. The van der Waals surface area contributed by atoms with Crippen molar-refractivity contribution in [2.45, 2.75) is 53.3 Å². The van der Waals surface area contributed by atoms with Gasteiger partial charge in [0.15, 0.2) is 0 Å². The maximum absolute atomic E-state index is 3.68. The minimum Gasteiger partial charge on any atom is -1.00 e. The van der Waals surface area contributed by atoms with Crippen LogP contribution in [-0.4, -0.2) is 8.07 Å². The van der Waals surface area contributed by atoms with Crippen LogP contribution in [-0.2, 0) is 28.1 Å². The molecule has 5 heteroatoms. The van der Waals surface area contributed by atoms with Crippen molar-refractivity contribution in [1.29, 1.82) is 0 Å². The predicted octanol–water partition coefficient (Wildman–Crippen LogP) is -3.90. The van der Waals surface area contributed by atoms with Gasteiger partial charge >= 0.3 is 21.7 Å². The molecule has 0 aliphatic heterocycles. The smallest absolute Gasteiger partial charge is 1.00 e. The summed E-state index contributed by atoms with van der Waals surface area (Å²) in [6.45, 7) is 13.8. The minimum atomic E-state index is -1.19. The first-order chi connectivity index (χ1) is 8.77. The zero-order valence-corrected chi connectivity index (χ0v) is 19.6. The van der Waals surface area contributed by atoms with Gasteiger partial charge in [-0.3, -0.25) is 6.08 Å². The number of halogens is 3. The second-order valence-electron chi connectivity index (χ2n) is 6.84. The Kier molecular flexibility index (Phi) is 13.8. The fourth-order valence-electron chi connectivity index (χ4n) is 2.57. The molecule has 0 saturated heterocycles. The van der Waals surface area contributed by atoms with Crippen LogP contribution in [0, 0.1) is 26.8 Å². The van der Waals surface area contributed by atoms with Gasteiger partial charge in [-0.25, -0.2) is 11.3 Å². The Labute approximate surface area is 176 Å². The molecule has 0 amide bonds. The molecule has 0 spiro atoms. The van der Waals surface area contributed by atoms with Crippen molar-refractivity contribution in [3.8, 4) is 0 Å². The fraction of sp³-hybridized carbons (Fsp3) is 0.444. The summed E-state index contributed by atoms with van der Waals surface area (Å²) in [7, 11) is -1.19. The van der Waals surface area contributed by atoms with Crippen molar-refractivity contribution < 1.29 is 58.9 Å². The summed E-state index contributed by atoms with van der Waals surface area (Å²) in [5, 5.41) is 1.50. The Morgan fingerprint density at radius 3 is 1.91 bits per heavy atom. The van der Waals surface area contributed by atoms with E-state index in [9.17, 15) is 0 Å². The number of hydrogen-bond acceptors (Lipinski definition) is 0. The molecule has 23 heavy (non-hydrogen) atoms. The van der Waals surface area contributed by atoms with Crippen molar-refractivity contribution in [2.75, 3.05) is 0 Å². The predicted molar refractivity (Wildman–Crippen MR) is 87.2 cm³/mol. The number of benzene rings is 1. The summed E-state index contributed by atoms with van der Waals surface area (Å²) in [4.78, 5) is 0. The van der Waals surface area contributed by atoms with E-state index in [0.717, 1.165) is 12.8 Å². The van der Waals surface area contributed by atoms with E-state index in [-0.39, 0.29) is 58.9 Å². The monoisotopic (exact) mass is 422 g/mol. The van der Waals surface area contributed by atoms with Gasteiger partial charge in [0.25, 0.3) is 0 Å². The van der Waals surface area contributed by atoms with Crippen LogP contribution in [0.15, 0.2) is 29.0 Å². The van der Waals surface area contributed by atoms with Gasteiger partial charge in [-0.1, -0.05) is 38.2 Å². The van der Waals surface area contributed by atoms with E-state index < -0.39 is 8.07 Å².